The van der Waals surface area contributed by atoms with Crippen LogP contribution in [0.4, 0.5) is 0 Å². The molecule has 0 N–H and O–H groups in total. The minimum Gasteiger partial charge on any atom is -0.355 e. The van der Waals surface area contributed by atoms with Gasteiger partial charge >= 0.3 is 0 Å². The van der Waals surface area contributed by atoms with Crippen LogP contribution in [0.3, 0.4) is 0 Å². The zero-order valence-electron chi connectivity index (χ0n) is 14.0. The normalized spacial score (nSPS) is 11.1. The molecule has 0 atom stereocenters. The monoisotopic (exact) mass is 304 g/mol. The van der Waals surface area contributed by atoms with Gasteiger partial charge in [-0.05, 0) is 25.7 Å². The Morgan fingerprint density at radius 3 is 1.33 bits per heavy atom. The standard InChI is InChI=1S/C16H34NO4/c1-3-5-11-18-15-20-13-7-9-17-10-8-14-21-16-19-12-6-4-2/h3-16H2,1-2H3. The van der Waals surface area contributed by atoms with Crippen LogP contribution in [-0.4, -0.2) is 53.1 Å². The topological polar surface area (TPSA) is 51.0 Å². The summed E-state index contributed by atoms with van der Waals surface area (Å²) in [4.78, 5) is 0. The minimum absolute atomic E-state index is 0.409. The van der Waals surface area contributed by atoms with Gasteiger partial charge in [-0.2, -0.15) is 0 Å². The van der Waals surface area contributed by atoms with E-state index in [2.05, 4.69) is 19.2 Å². The van der Waals surface area contributed by atoms with Crippen molar-refractivity contribution in [3.8, 4) is 0 Å². The predicted octanol–water partition coefficient (Wildman–Crippen LogP) is 2.95. The fourth-order valence-corrected chi connectivity index (χ4v) is 1.51. The summed E-state index contributed by atoms with van der Waals surface area (Å²) >= 11 is 0. The fraction of sp³-hybridized carbons (Fsp3) is 1.00. The molecule has 0 saturated heterocycles. The highest BCUT2D eigenvalue weighted by Gasteiger charge is 1.93. The van der Waals surface area contributed by atoms with Crippen LogP contribution < -0.4 is 5.32 Å². The van der Waals surface area contributed by atoms with E-state index >= 15 is 0 Å². The smallest absolute Gasteiger partial charge is 0.146 e. The molecule has 1 radical (unpaired) electrons. The van der Waals surface area contributed by atoms with Crippen molar-refractivity contribution in [2.75, 3.05) is 53.1 Å². The largest absolute Gasteiger partial charge is 0.355 e. The van der Waals surface area contributed by atoms with Crippen molar-refractivity contribution in [2.45, 2.75) is 52.4 Å². The second kappa shape index (κ2) is 19.8. The van der Waals surface area contributed by atoms with Crippen LogP contribution in [-0.2, 0) is 18.9 Å². The maximum Gasteiger partial charge on any atom is 0.146 e. The Hall–Kier alpha value is -0.200. The second-order valence-electron chi connectivity index (χ2n) is 4.95. The molecule has 0 bridgehead atoms. The molecule has 0 fully saturated rings. The fourth-order valence-electron chi connectivity index (χ4n) is 1.51. The van der Waals surface area contributed by atoms with E-state index in [4.69, 9.17) is 18.9 Å². The lowest BCUT2D eigenvalue weighted by Gasteiger charge is -2.06. The molecule has 0 aliphatic carbocycles. The highest BCUT2D eigenvalue weighted by atomic mass is 16.7. The zero-order valence-corrected chi connectivity index (χ0v) is 14.0. The Labute approximate surface area is 130 Å². The molecule has 5 nitrogen and oxygen atoms in total. The first kappa shape index (κ1) is 20.8. The van der Waals surface area contributed by atoms with Gasteiger partial charge in [0.15, 0.2) is 0 Å². The average Bonchev–Trinajstić information content (AvgIpc) is 2.50. The van der Waals surface area contributed by atoms with Gasteiger partial charge in [-0.3, -0.25) is 0 Å². The molecule has 5 heteroatoms. The number of unbranched alkanes of at least 4 members (excludes halogenated alkanes) is 2. The third-order valence-electron chi connectivity index (χ3n) is 2.83. The summed E-state index contributed by atoms with van der Waals surface area (Å²) in [5.41, 5.74) is 0. The van der Waals surface area contributed by atoms with E-state index in [-0.39, 0.29) is 0 Å². The SMILES string of the molecule is CCCCOCOCCC[N]CCCOCOCCCC. The van der Waals surface area contributed by atoms with Gasteiger partial charge in [-0.25, -0.2) is 5.32 Å². The molecule has 0 saturated carbocycles. The van der Waals surface area contributed by atoms with Crippen LogP contribution in [0.1, 0.15) is 52.4 Å². The van der Waals surface area contributed by atoms with Gasteiger partial charge in [0, 0.05) is 26.3 Å². The second-order valence-corrected chi connectivity index (χ2v) is 4.95. The van der Waals surface area contributed by atoms with Crippen LogP contribution in [0.15, 0.2) is 0 Å². The first-order valence-corrected chi connectivity index (χ1v) is 8.36. The molecular formula is C16H34NO4. The Morgan fingerprint density at radius 2 is 0.952 bits per heavy atom. The summed E-state index contributed by atoms with van der Waals surface area (Å²) in [6.07, 6.45) is 6.44. The van der Waals surface area contributed by atoms with Gasteiger partial charge in [0.05, 0.1) is 13.2 Å². The van der Waals surface area contributed by atoms with Crippen molar-refractivity contribution in [1.82, 2.24) is 5.32 Å². The van der Waals surface area contributed by atoms with Gasteiger partial charge < -0.3 is 18.9 Å². The Morgan fingerprint density at radius 1 is 0.571 bits per heavy atom. The molecule has 0 unspecified atom stereocenters. The number of hydrogen-bond acceptors (Lipinski definition) is 4. The Bertz CT molecular complexity index is 164. The molecule has 0 aliphatic rings. The van der Waals surface area contributed by atoms with Crippen molar-refractivity contribution in [3.63, 3.8) is 0 Å². The summed E-state index contributed by atoms with van der Waals surface area (Å²) < 4.78 is 21.3. The number of ether oxygens (including phenoxy) is 4. The molecule has 0 rings (SSSR count). The van der Waals surface area contributed by atoms with Crippen molar-refractivity contribution in [1.29, 1.82) is 0 Å². The van der Waals surface area contributed by atoms with E-state index in [1.807, 2.05) is 0 Å². The molecule has 0 aromatic carbocycles. The molecular weight excluding hydrogens is 270 g/mol. The predicted molar refractivity (Wildman–Crippen MR) is 84.5 cm³/mol. The van der Waals surface area contributed by atoms with Gasteiger partial charge in [0.2, 0.25) is 0 Å². The molecule has 0 aromatic heterocycles. The van der Waals surface area contributed by atoms with E-state index < -0.39 is 0 Å². The van der Waals surface area contributed by atoms with E-state index in [0.717, 1.165) is 78.0 Å². The summed E-state index contributed by atoms with van der Waals surface area (Å²) in [5, 5.41) is 4.42. The van der Waals surface area contributed by atoms with Crippen LogP contribution in [0, 0.1) is 0 Å². The maximum atomic E-state index is 5.35. The third-order valence-corrected chi connectivity index (χ3v) is 2.83. The molecule has 0 amide bonds. The molecule has 0 aromatic rings. The first-order chi connectivity index (χ1) is 10.4. The minimum atomic E-state index is 0.409. The quantitative estimate of drug-likeness (QED) is 0.288. The van der Waals surface area contributed by atoms with Gasteiger partial charge in [0.25, 0.3) is 0 Å². The van der Waals surface area contributed by atoms with E-state index in [1.165, 1.54) is 0 Å². The highest BCUT2D eigenvalue weighted by Crippen LogP contribution is 1.91. The zero-order chi connectivity index (χ0) is 15.4. The molecule has 127 valence electrons. The average molecular weight is 304 g/mol. The lowest BCUT2D eigenvalue weighted by molar-refractivity contribution is -0.0558. The van der Waals surface area contributed by atoms with Crippen molar-refractivity contribution in [3.05, 3.63) is 0 Å². The van der Waals surface area contributed by atoms with Crippen molar-refractivity contribution < 1.29 is 18.9 Å². The lowest BCUT2D eigenvalue weighted by atomic mass is 10.4. The summed E-state index contributed by atoms with van der Waals surface area (Å²) in [6.45, 7) is 9.84. The van der Waals surface area contributed by atoms with Gasteiger partial charge in [0.1, 0.15) is 13.6 Å². The summed E-state index contributed by atoms with van der Waals surface area (Å²) in [5.74, 6) is 0. The number of nitrogens with zero attached hydrogens (tertiary/aromatic N) is 1. The van der Waals surface area contributed by atoms with Crippen LogP contribution in [0.2, 0.25) is 0 Å². The van der Waals surface area contributed by atoms with E-state index in [9.17, 15) is 0 Å². The number of hydrogen-bond donors (Lipinski definition) is 0. The Kier molecular flexibility index (Phi) is 19.6. The lowest BCUT2D eigenvalue weighted by Crippen LogP contribution is -2.13. The van der Waals surface area contributed by atoms with Crippen LogP contribution in [0.25, 0.3) is 0 Å². The van der Waals surface area contributed by atoms with Crippen LogP contribution >= 0.6 is 0 Å². The molecule has 21 heavy (non-hydrogen) atoms. The van der Waals surface area contributed by atoms with Gasteiger partial charge in [-0.15, -0.1) is 0 Å². The summed E-state index contributed by atoms with van der Waals surface area (Å²) in [6, 6.07) is 0. The molecule has 0 heterocycles. The summed E-state index contributed by atoms with van der Waals surface area (Å²) in [7, 11) is 0. The van der Waals surface area contributed by atoms with Gasteiger partial charge in [-0.1, -0.05) is 26.7 Å². The van der Waals surface area contributed by atoms with E-state index in [0.29, 0.717) is 13.6 Å². The Balaban J connectivity index is 2.90. The molecule has 0 aliphatic heterocycles. The number of rotatable bonds is 18. The first-order valence-electron chi connectivity index (χ1n) is 8.36. The maximum absolute atomic E-state index is 5.35. The highest BCUT2D eigenvalue weighted by molar-refractivity contribution is 4.46. The van der Waals surface area contributed by atoms with Crippen molar-refractivity contribution in [2.24, 2.45) is 0 Å². The van der Waals surface area contributed by atoms with E-state index in [1.54, 1.807) is 0 Å². The van der Waals surface area contributed by atoms with Crippen molar-refractivity contribution >= 4 is 0 Å². The third kappa shape index (κ3) is 19.8. The van der Waals surface area contributed by atoms with Crippen LogP contribution in [0.5, 0.6) is 0 Å². The molecule has 0 spiro atoms.